The van der Waals surface area contributed by atoms with E-state index in [9.17, 15) is 4.79 Å². The molecular weight excluding hydrogens is 392 g/mol. The number of hydrogen-bond acceptors (Lipinski definition) is 2. The molecule has 142 valence electrons. The van der Waals surface area contributed by atoms with Crippen molar-refractivity contribution >= 4 is 27.8 Å². The molecule has 3 rings (SSSR count). The van der Waals surface area contributed by atoms with Crippen LogP contribution in [-0.4, -0.2) is 38.5 Å². The first-order valence-corrected chi connectivity index (χ1v) is 10.4. The van der Waals surface area contributed by atoms with Gasteiger partial charge in [0, 0.05) is 42.5 Å². The highest BCUT2D eigenvalue weighted by Gasteiger charge is 2.35. The van der Waals surface area contributed by atoms with Crippen molar-refractivity contribution in [2.24, 2.45) is 10.9 Å². The molecular formula is C20H29BrN4O. The molecule has 2 aliphatic carbocycles. The summed E-state index contributed by atoms with van der Waals surface area (Å²) in [6.45, 7) is 2.19. The topological polar surface area (TPSA) is 65.5 Å². The Morgan fingerprint density at radius 1 is 1.12 bits per heavy atom. The first kappa shape index (κ1) is 19.2. The van der Waals surface area contributed by atoms with Gasteiger partial charge in [0.1, 0.15) is 0 Å². The van der Waals surface area contributed by atoms with Crippen LogP contribution in [0, 0.1) is 5.92 Å². The van der Waals surface area contributed by atoms with Crippen LogP contribution in [0.3, 0.4) is 0 Å². The Balaban J connectivity index is 1.49. The highest BCUT2D eigenvalue weighted by atomic mass is 79.9. The van der Waals surface area contributed by atoms with Crippen molar-refractivity contribution < 1.29 is 4.79 Å². The van der Waals surface area contributed by atoms with Crippen molar-refractivity contribution in [1.29, 1.82) is 0 Å². The van der Waals surface area contributed by atoms with Gasteiger partial charge in [-0.2, -0.15) is 0 Å². The van der Waals surface area contributed by atoms with E-state index < -0.39 is 0 Å². The maximum absolute atomic E-state index is 11.7. The highest BCUT2D eigenvalue weighted by molar-refractivity contribution is 9.10. The van der Waals surface area contributed by atoms with E-state index in [2.05, 4.69) is 61.1 Å². The molecule has 0 unspecified atom stereocenters. The van der Waals surface area contributed by atoms with Gasteiger partial charge in [-0.1, -0.05) is 40.9 Å². The van der Waals surface area contributed by atoms with Gasteiger partial charge in [0.05, 0.1) is 0 Å². The lowest BCUT2D eigenvalue weighted by molar-refractivity contribution is -0.122. The van der Waals surface area contributed by atoms with Crippen molar-refractivity contribution in [1.82, 2.24) is 16.0 Å². The fourth-order valence-corrected chi connectivity index (χ4v) is 4.02. The molecule has 26 heavy (non-hydrogen) atoms. The summed E-state index contributed by atoms with van der Waals surface area (Å²) in [6.07, 6.45) is 7.04. The number of hydrogen-bond donors (Lipinski definition) is 3. The molecule has 1 aromatic rings. The standard InChI is InChI=1S/C20H29BrN4O/c1-22-19(24-13-12-23-18(26)15-4-5-15)25-14-20(10-2-3-11-20)16-6-8-17(21)9-7-16/h6-9,15H,2-5,10-14H2,1H3,(H,23,26)(H2,22,24,25). The summed E-state index contributed by atoms with van der Waals surface area (Å²) in [4.78, 5) is 16.0. The second-order valence-electron chi connectivity index (χ2n) is 7.41. The van der Waals surface area contributed by atoms with Crippen molar-refractivity contribution in [2.75, 3.05) is 26.7 Å². The van der Waals surface area contributed by atoms with Gasteiger partial charge in [-0.3, -0.25) is 9.79 Å². The Kier molecular flexibility index (Phi) is 6.57. The third-order valence-electron chi connectivity index (χ3n) is 5.50. The van der Waals surface area contributed by atoms with Crippen molar-refractivity contribution in [3.63, 3.8) is 0 Å². The molecule has 0 radical (unpaired) electrons. The Morgan fingerprint density at radius 2 is 1.77 bits per heavy atom. The number of carbonyl (C=O) groups excluding carboxylic acids is 1. The van der Waals surface area contributed by atoms with Crippen molar-refractivity contribution in [3.05, 3.63) is 34.3 Å². The molecule has 5 nitrogen and oxygen atoms in total. The number of benzene rings is 1. The largest absolute Gasteiger partial charge is 0.356 e. The normalized spacial score (nSPS) is 19.2. The number of aliphatic imine (C=N–C) groups is 1. The van der Waals surface area contributed by atoms with E-state index in [4.69, 9.17) is 0 Å². The van der Waals surface area contributed by atoms with Gasteiger partial charge in [0.15, 0.2) is 5.96 Å². The minimum absolute atomic E-state index is 0.179. The minimum atomic E-state index is 0.179. The van der Waals surface area contributed by atoms with E-state index in [0.717, 1.165) is 29.8 Å². The van der Waals surface area contributed by atoms with Crippen LogP contribution in [0.4, 0.5) is 0 Å². The van der Waals surface area contributed by atoms with Crippen LogP contribution in [0.2, 0.25) is 0 Å². The number of carbonyl (C=O) groups is 1. The molecule has 0 saturated heterocycles. The third kappa shape index (κ3) is 5.00. The summed E-state index contributed by atoms with van der Waals surface area (Å²) in [5.41, 5.74) is 1.58. The Bertz CT molecular complexity index is 634. The van der Waals surface area contributed by atoms with Gasteiger partial charge in [-0.15, -0.1) is 0 Å². The predicted octanol–water partition coefficient (Wildman–Crippen LogP) is 2.95. The average molecular weight is 421 g/mol. The summed E-state index contributed by atoms with van der Waals surface area (Å²) in [5.74, 6) is 1.25. The van der Waals surface area contributed by atoms with Gasteiger partial charge in [0.2, 0.25) is 5.91 Å². The van der Waals surface area contributed by atoms with Crippen LogP contribution >= 0.6 is 15.9 Å². The maximum Gasteiger partial charge on any atom is 0.223 e. The van der Waals surface area contributed by atoms with Gasteiger partial charge < -0.3 is 16.0 Å². The fraction of sp³-hybridized carbons (Fsp3) is 0.600. The lowest BCUT2D eigenvalue weighted by Crippen LogP contribution is -2.46. The van der Waals surface area contributed by atoms with E-state index in [1.165, 1.54) is 31.2 Å². The molecule has 3 N–H and O–H groups in total. The average Bonchev–Trinajstić information content (AvgIpc) is 3.40. The van der Waals surface area contributed by atoms with Gasteiger partial charge in [0.25, 0.3) is 0 Å². The molecule has 0 aromatic heterocycles. The van der Waals surface area contributed by atoms with Crippen molar-refractivity contribution in [3.8, 4) is 0 Å². The first-order valence-electron chi connectivity index (χ1n) is 9.61. The molecule has 2 saturated carbocycles. The van der Waals surface area contributed by atoms with Crippen LogP contribution in [0.25, 0.3) is 0 Å². The quantitative estimate of drug-likeness (QED) is 0.360. The number of nitrogens with zero attached hydrogens (tertiary/aromatic N) is 1. The number of guanidine groups is 1. The summed E-state index contributed by atoms with van der Waals surface area (Å²) < 4.78 is 1.12. The third-order valence-corrected chi connectivity index (χ3v) is 6.03. The van der Waals surface area contributed by atoms with Crippen LogP contribution in [-0.2, 0) is 10.2 Å². The van der Waals surface area contributed by atoms with Crippen molar-refractivity contribution in [2.45, 2.75) is 43.9 Å². The van der Waals surface area contributed by atoms with Gasteiger partial charge in [-0.05, 0) is 43.4 Å². The Hall–Kier alpha value is -1.56. The maximum atomic E-state index is 11.7. The molecule has 1 aromatic carbocycles. The molecule has 0 atom stereocenters. The van der Waals surface area contributed by atoms with Gasteiger partial charge >= 0.3 is 0 Å². The molecule has 2 aliphatic rings. The smallest absolute Gasteiger partial charge is 0.223 e. The molecule has 2 fully saturated rings. The number of halogens is 1. The molecule has 0 heterocycles. The summed E-state index contributed by atoms with van der Waals surface area (Å²) in [5, 5.41) is 9.78. The second-order valence-corrected chi connectivity index (χ2v) is 8.33. The Morgan fingerprint density at radius 3 is 2.38 bits per heavy atom. The monoisotopic (exact) mass is 420 g/mol. The zero-order valence-electron chi connectivity index (χ0n) is 15.5. The Labute approximate surface area is 164 Å². The van der Waals surface area contributed by atoms with E-state index in [1.807, 2.05) is 0 Å². The lowest BCUT2D eigenvalue weighted by Gasteiger charge is -2.31. The predicted molar refractivity (Wildman–Crippen MR) is 109 cm³/mol. The molecule has 0 bridgehead atoms. The lowest BCUT2D eigenvalue weighted by atomic mass is 9.79. The number of rotatable bonds is 7. The zero-order valence-corrected chi connectivity index (χ0v) is 17.1. The van der Waals surface area contributed by atoms with Crippen LogP contribution < -0.4 is 16.0 Å². The minimum Gasteiger partial charge on any atom is -0.356 e. The molecule has 0 spiro atoms. The molecule has 1 amide bonds. The van der Waals surface area contributed by atoms with Crippen LogP contribution in [0.1, 0.15) is 44.1 Å². The first-order chi connectivity index (χ1) is 12.6. The molecule has 6 heteroatoms. The SMILES string of the molecule is CN=C(NCCNC(=O)C1CC1)NCC1(c2ccc(Br)cc2)CCCC1. The summed E-state index contributed by atoms with van der Waals surface area (Å²) in [6, 6.07) is 8.73. The fourth-order valence-electron chi connectivity index (χ4n) is 3.75. The van der Waals surface area contributed by atoms with E-state index in [-0.39, 0.29) is 17.2 Å². The van der Waals surface area contributed by atoms with E-state index in [0.29, 0.717) is 13.1 Å². The highest BCUT2D eigenvalue weighted by Crippen LogP contribution is 2.40. The van der Waals surface area contributed by atoms with Crippen LogP contribution in [0.15, 0.2) is 33.7 Å². The summed E-state index contributed by atoms with van der Waals surface area (Å²) >= 11 is 3.53. The zero-order chi connectivity index (χ0) is 18.4. The van der Waals surface area contributed by atoms with Gasteiger partial charge in [-0.25, -0.2) is 0 Å². The number of nitrogens with one attached hydrogen (secondary N) is 3. The summed E-state index contributed by atoms with van der Waals surface area (Å²) in [7, 11) is 1.79. The van der Waals surface area contributed by atoms with E-state index >= 15 is 0 Å². The van der Waals surface area contributed by atoms with Crippen LogP contribution in [0.5, 0.6) is 0 Å². The van der Waals surface area contributed by atoms with E-state index in [1.54, 1.807) is 7.05 Å². The second kappa shape index (κ2) is 8.89. The molecule has 0 aliphatic heterocycles. The number of amides is 1.